The van der Waals surface area contributed by atoms with E-state index in [0.29, 0.717) is 11.3 Å². The molecule has 0 fully saturated rings. The van der Waals surface area contributed by atoms with E-state index >= 15 is 0 Å². The predicted molar refractivity (Wildman–Crippen MR) is 52.3 cm³/mol. The quantitative estimate of drug-likeness (QED) is 0.585. The minimum absolute atomic E-state index is 0.00190. The number of hydrogen-bond donors (Lipinski definition) is 1. The Morgan fingerprint density at radius 1 is 1.57 bits per heavy atom. The van der Waals surface area contributed by atoms with Crippen molar-refractivity contribution in [3.05, 3.63) is 46.5 Å². The van der Waals surface area contributed by atoms with Crippen LogP contribution in [-0.2, 0) is 4.84 Å². The van der Waals surface area contributed by atoms with E-state index in [9.17, 15) is 10.1 Å². The highest BCUT2D eigenvalue weighted by molar-refractivity contribution is 5.69. The fraction of sp³-hybridized carbons (Fsp3) is 0.111. The van der Waals surface area contributed by atoms with Crippen molar-refractivity contribution in [2.45, 2.75) is 0 Å². The van der Waals surface area contributed by atoms with E-state index in [-0.39, 0.29) is 5.69 Å². The van der Waals surface area contributed by atoms with Crippen molar-refractivity contribution in [1.82, 2.24) is 5.48 Å². The number of nitro groups is 1. The predicted octanol–water partition coefficient (Wildman–Crippen LogP) is 1.72. The normalized spacial score (nSPS) is 9.50. The van der Waals surface area contributed by atoms with Gasteiger partial charge in [-0.3, -0.25) is 20.4 Å². The number of hydrogen-bond acceptors (Lipinski definition) is 4. The molecule has 0 atom stereocenters. The van der Waals surface area contributed by atoms with E-state index in [2.05, 4.69) is 16.9 Å². The van der Waals surface area contributed by atoms with Gasteiger partial charge in [0.05, 0.1) is 23.3 Å². The highest BCUT2D eigenvalue weighted by Crippen LogP contribution is 2.22. The number of benzene rings is 1. The largest absolute Gasteiger partial charge is 0.279 e. The Balaban J connectivity index is 3.07. The molecule has 0 aromatic heterocycles. The van der Waals surface area contributed by atoms with Gasteiger partial charge < -0.3 is 0 Å². The van der Waals surface area contributed by atoms with Crippen molar-refractivity contribution in [3.8, 4) is 0 Å². The third kappa shape index (κ3) is 2.08. The number of nitrogens with zero attached hydrogens (tertiary/aromatic N) is 1. The second-order valence-corrected chi connectivity index (χ2v) is 2.56. The Morgan fingerprint density at radius 3 is 2.79 bits per heavy atom. The molecule has 0 saturated carbocycles. The summed E-state index contributed by atoms with van der Waals surface area (Å²) in [5.74, 6) is 0. The zero-order valence-electron chi connectivity index (χ0n) is 7.69. The zero-order chi connectivity index (χ0) is 10.6. The number of hydroxylamine groups is 1. The first-order valence-corrected chi connectivity index (χ1v) is 3.88. The molecule has 74 valence electrons. The lowest BCUT2D eigenvalue weighted by molar-refractivity contribution is -0.385. The lowest BCUT2D eigenvalue weighted by atomic mass is 10.1. The summed E-state index contributed by atoms with van der Waals surface area (Å²) in [6.07, 6.45) is 0. The summed E-state index contributed by atoms with van der Waals surface area (Å²) < 4.78 is 0. The number of nitro benzene ring substituents is 1. The zero-order valence-corrected chi connectivity index (χ0v) is 7.69. The highest BCUT2D eigenvalue weighted by atomic mass is 16.6. The molecule has 0 amide bonds. The van der Waals surface area contributed by atoms with Gasteiger partial charge in [0.2, 0.25) is 0 Å². The van der Waals surface area contributed by atoms with Crippen molar-refractivity contribution < 1.29 is 9.76 Å². The minimum Gasteiger partial charge on any atom is -0.279 e. The van der Waals surface area contributed by atoms with E-state index in [1.54, 1.807) is 18.2 Å². The molecule has 0 radical (unpaired) electrons. The molecule has 0 bridgehead atoms. The smallest absolute Gasteiger partial charge is 0.278 e. The Kier molecular flexibility index (Phi) is 3.19. The average molecular weight is 194 g/mol. The van der Waals surface area contributed by atoms with Gasteiger partial charge in [-0.25, -0.2) is 0 Å². The van der Waals surface area contributed by atoms with Crippen molar-refractivity contribution >= 4 is 11.4 Å². The SMILES string of the molecule is C=C(NOC)c1ccccc1[N+](=O)[O-]. The topological polar surface area (TPSA) is 64.4 Å². The molecule has 0 aliphatic rings. The Labute approximate surface area is 81.1 Å². The fourth-order valence-corrected chi connectivity index (χ4v) is 1.07. The first kappa shape index (κ1) is 10.2. The van der Waals surface area contributed by atoms with Crippen LogP contribution in [0.15, 0.2) is 30.8 Å². The van der Waals surface area contributed by atoms with Crippen LogP contribution in [0, 0.1) is 10.1 Å². The lowest BCUT2D eigenvalue weighted by Crippen LogP contribution is -2.10. The van der Waals surface area contributed by atoms with Crippen LogP contribution in [0.3, 0.4) is 0 Å². The van der Waals surface area contributed by atoms with Gasteiger partial charge >= 0.3 is 0 Å². The summed E-state index contributed by atoms with van der Waals surface area (Å²) in [5, 5.41) is 10.6. The summed E-state index contributed by atoms with van der Waals surface area (Å²) in [6.45, 7) is 3.62. The van der Waals surface area contributed by atoms with Crippen molar-refractivity contribution in [2.75, 3.05) is 7.11 Å². The van der Waals surface area contributed by atoms with Crippen LogP contribution in [0.5, 0.6) is 0 Å². The monoisotopic (exact) mass is 194 g/mol. The third-order valence-electron chi connectivity index (χ3n) is 1.65. The average Bonchev–Trinajstić information content (AvgIpc) is 2.18. The molecule has 1 N–H and O–H groups in total. The molecular weight excluding hydrogens is 184 g/mol. The van der Waals surface area contributed by atoms with Crippen LogP contribution in [0.25, 0.3) is 5.70 Å². The summed E-state index contributed by atoms with van der Waals surface area (Å²) >= 11 is 0. The molecule has 0 saturated heterocycles. The molecule has 0 aliphatic heterocycles. The molecule has 0 unspecified atom stereocenters. The molecule has 5 heteroatoms. The molecule has 5 nitrogen and oxygen atoms in total. The maximum absolute atomic E-state index is 10.6. The van der Waals surface area contributed by atoms with E-state index in [1.807, 2.05) is 0 Å². The first-order chi connectivity index (χ1) is 6.66. The highest BCUT2D eigenvalue weighted by Gasteiger charge is 2.14. The molecule has 0 spiro atoms. The van der Waals surface area contributed by atoms with Crippen LogP contribution in [-0.4, -0.2) is 12.0 Å². The van der Waals surface area contributed by atoms with E-state index in [4.69, 9.17) is 0 Å². The standard InChI is InChI=1S/C9H10N2O3/c1-7(10-14-2)8-5-3-4-6-9(8)11(12)13/h3-6,10H,1H2,2H3. The van der Waals surface area contributed by atoms with Gasteiger partial charge in [-0.05, 0) is 6.07 Å². The Morgan fingerprint density at radius 2 is 2.21 bits per heavy atom. The van der Waals surface area contributed by atoms with Crippen molar-refractivity contribution in [3.63, 3.8) is 0 Å². The minimum atomic E-state index is -0.460. The lowest BCUT2D eigenvalue weighted by Gasteiger charge is -2.06. The Hall–Kier alpha value is -1.88. The number of nitrogens with one attached hydrogen (secondary N) is 1. The van der Waals surface area contributed by atoms with Crippen LogP contribution < -0.4 is 5.48 Å². The number of rotatable bonds is 4. The maximum atomic E-state index is 10.6. The van der Waals surface area contributed by atoms with Gasteiger partial charge in [-0.2, -0.15) is 0 Å². The molecule has 14 heavy (non-hydrogen) atoms. The van der Waals surface area contributed by atoms with Crippen molar-refractivity contribution in [2.24, 2.45) is 0 Å². The summed E-state index contributed by atoms with van der Waals surface area (Å²) in [4.78, 5) is 14.8. The maximum Gasteiger partial charge on any atom is 0.278 e. The van der Waals surface area contributed by atoms with Crippen LogP contribution in [0.4, 0.5) is 5.69 Å². The van der Waals surface area contributed by atoms with Crippen LogP contribution >= 0.6 is 0 Å². The molecule has 0 heterocycles. The van der Waals surface area contributed by atoms with E-state index in [0.717, 1.165) is 0 Å². The van der Waals surface area contributed by atoms with Gasteiger partial charge in [0.15, 0.2) is 0 Å². The van der Waals surface area contributed by atoms with Gasteiger partial charge in [0, 0.05) is 6.07 Å². The van der Waals surface area contributed by atoms with E-state index in [1.165, 1.54) is 13.2 Å². The van der Waals surface area contributed by atoms with Gasteiger partial charge in [0.1, 0.15) is 0 Å². The molecular formula is C9H10N2O3. The molecule has 1 aromatic carbocycles. The van der Waals surface area contributed by atoms with Gasteiger partial charge in [-0.15, -0.1) is 0 Å². The second kappa shape index (κ2) is 4.38. The first-order valence-electron chi connectivity index (χ1n) is 3.88. The second-order valence-electron chi connectivity index (χ2n) is 2.56. The summed E-state index contributed by atoms with van der Waals surface area (Å²) in [7, 11) is 1.42. The van der Waals surface area contributed by atoms with Crippen molar-refractivity contribution in [1.29, 1.82) is 0 Å². The van der Waals surface area contributed by atoms with Gasteiger partial charge in [0.25, 0.3) is 5.69 Å². The van der Waals surface area contributed by atoms with Gasteiger partial charge in [-0.1, -0.05) is 18.7 Å². The van der Waals surface area contributed by atoms with Crippen LogP contribution in [0.2, 0.25) is 0 Å². The van der Waals surface area contributed by atoms with E-state index < -0.39 is 4.92 Å². The molecule has 1 aromatic rings. The Bertz CT molecular complexity index is 363. The fourth-order valence-electron chi connectivity index (χ4n) is 1.07. The summed E-state index contributed by atoms with van der Waals surface area (Å²) in [6, 6.07) is 6.32. The number of para-hydroxylation sites is 1. The molecule has 0 aliphatic carbocycles. The molecule has 1 rings (SSSR count). The van der Waals surface area contributed by atoms with Crippen LogP contribution in [0.1, 0.15) is 5.56 Å². The third-order valence-corrected chi connectivity index (χ3v) is 1.65. The summed E-state index contributed by atoms with van der Waals surface area (Å²) in [5.41, 5.74) is 3.24.